The Morgan fingerprint density at radius 1 is 1.12 bits per heavy atom. The number of amides is 1. The lowest BCUT2D eigenvalue weighted by Gasteiger charge is -2.18. The number of hydrogen-bond donors (Lipinski definition) is 3. The van der Waals surface area contributed by atoms with Gasteiger partial charge in [-0.25, -0.2) is 4.68 Å². The number of hydrogen-bond acceptors (Lipinski definition) is 5. The van der Waals surface area contributed by atoms with E-state index in [2.05, 4.69) is 20.6 Å². The summed E-state index contributed by atoms with van der Waals surface area (Å²) in [5.41, 5.74) is 6.52. The molecule has 1 aliphatic heterocycles. The van der Waals surface area contributed by atoms with Crippen molar-refractivity contribution in [3.05, 3.63) is 59.9 Å². The first-order valence-corrected chi connectivity index (χ1v) is 10.7. The molecule has 34 heavy (non-hydrogen) atoms. The van der Waals surface area contributed by atoms with Crippen LogP contribution >= 0.6 is 12.2 Å². The van der Waals surface area contributed by atoms with Gasteiger partial charge in [-0.1, -0.05) is 12.2 Å². The number of thiocarbonyl (C=S) groups is 1. The topological polar surface area (TPSA) is 105 Å². The number of carbonyl (C=O) groups excluding carboxylic acids is 1. The van der Waals surface area contributed by atoms with E-state index in [-0.39, 0.29) is 17.2 Å². The summed E-state index contributed by atoms with van der Waals surface area (Å²) in [5, 5.41) is 13.4. The molecule has 1 fully saturated rings. The molecule has 0 radical (unpaired) electrons. The van der Waals surface area contributed by atoms with Crippen molar-refractivity contribution >= 4 is 51.2 Å². The maximum atomic E-state index is 13.4. The standard InChI is InChI=1S/C22H18F3N7OS/c23-22(24,25)18-11-17(32(30-18)14-7-8-16-15(10-14)20(26)29-28-16)21(33)27-12-3-5-13(6-4-12)31-9-1-2-19(31)34/h3-8,10-11H,1-2,9H2,(H,27,33)(H3,26,28,29). The number of fused-ring (bicyclic) bond motifs is 1. The van der Waals surface area contributed by atoms with Crippen LogP contribution in [0.1, 0.15) is 29.0 Å². The maximum Gasteiger partial charge on any atom is 0.435 e. The van der Waals surface area contributed by atoms with Crippen LogP contribution in [0.4, 0.5) is 30.4 Å². The van der Waals surface area contributed by atoms with E-state index >= 15 is 0 Å². The summed E-state index contributed by atoms with van der Waals surface area (Å²) in [6.45, 7) is 0.829. The Labute approximate surface area is 196 Å². The third-order valence-corrected chi connectivity index (χ3v) is 5.99. The number of benzene rings is 2. The zero-order valence-electron chi connectivity index (χ0n) is 17.6. The molecule has 0 saturated carbocycles. The Morgan fingerprint density at radius 3 is 2.53 bits per heavy atom. The fourth-order valence-corrected chi connectivity index (χ4v) is 4.21. The maximum absolute atomic E-state index is 13.4. The number of rotatable bonds is 4. The highest BCUT2D eigenvalue weighted by atomic mass is 32.1. The number of alkyl halides is 3. The molecular formula is C22H18F3N7OS. The van der Waals surface area contributed by atoms with Crippen molar-refractivity contribution in [2.75, 3.05) is 22.5 Å². The van der Waals surface area contributed by atoms with E-state index < -0.39 is 17.8 Å². The Kier molecular flexibility index (Phi) is 5.24. The molecule has 4 aromatic rings. The number of nitrogens with zero attached hydrogens (tertiary/aromatic N) is 4. The number of anilines is 3. The molecule has 12 heteroatoms. The quantitative estimate of drug-likeness (QED) is 0.367. The molecule has 2 aromatic carbocycles. The predicted octanol–water partition coefficient (Wildman–Crippen LogP) is 4.53. The number of nitrogen functional groups attached to an aromatic ring is 1. The molecule has 0 unspecified atom stereocenters. The van der Waals surface area contributed by atoms with Crippen LogP contribution in [-0.4, -0.2) is 37.4 Å². The zero-order chi connectivity index (χ0) is 24.0. The summed E-state index contributed by atoms with van der Waals surface area (Å²) in [5.74, 6) is -0.559. The monoisotopic (exact) mass is 485 g/mol. The third-order valence-electron chi connectivity index (χ3n) is 5.56. The Morgan fingerprint density at radius 2 is 1.85 bits per heavy atom. The highest BCUT2D eigenvalue weighted by Gasteiger charge is 2.36. The lowest BCUT2D eigenvalue weighted by molar-refractivity contribution is -0.141. The van der Waals surface area contributed by atoms with Gasteiger partial charge in [0.15, 0.2) is 11.5 Å². The van der Waals surface area contributed by atoms with Gasteiger partial charge in [0.25, 0.3) is 5.91 Å². The van der Waals surface area contributed by atoms with Crippen molar-refractivity contribution in [1.82, 2.24) is 20.0 Å². The third kappa shape index (κ3) is 3.96. The van der Waals surface area contributed by atoms with E-state index in [1.807, 2.05) is 4.90 Å². The van der Waals surface area contributed by atoms with Crippen LogP contribution < -0.4 is 16.0 Å². The van der Waals surface area contributed by atoms with E-state index in [0.717, 1.165) is 40.8 Å². The van der Waals surface area contributed by atoms with Crippen LogP contribution in [0.15, 0.2) is 48.5 Å². The number of nitrogens with two attached hydrogens (primary N) is 1. The van der Waals surface area contributed by atoms with E-state index in [0.29, 0.717) is 16.6 Å². The molecule has 174 valence electrons. The molecule has 1 saturated heterocycles. The van der Waals surface area contributed by atoms with Crippen molar-refractivity contribution < 1.29 is 18.0 Å². The predicted molar refractivity (Wildman–Crippen MR) is 126 cm³/mol. The molecule has 1 aliphatic rings. The number of H-pyrrole nitrogens is 1. The molecule has 0 atom stereocenters. The van der Waals surface area contributed by atoms with Gasteiger partial charge in [-0.2, -0.15) is 23.4 Å². The fraction of sp³-hybridized carbons (Fsp3) is 0.182. The molecule has 0 aliphatic carbocycles. The highest BCUT2D eigenvalue weighted by Crippen LogP contribution is 2.31. The minimum Gasteiger partial charge on any atom is -0.382 e. The second-order valence-electron chi connectivity index (χ2n) is 7.81. The van der Waals surface area contributed by atoms with Crippen LogP contribution in [-0.2, 0) is 6.18 Å². The molecule has 3 heterocycles. The SMILES string of the molecule is Nc1n[nH]c2ccc(-n3nc(C(F)(F)F)cc3C(=O)Nc3ccc(N4CCCC4=S)cc3)cc12. The summed E-state index contributed by atoms with van der Waals surface area (Å²) in [6, 6.07) is 12.3. The van der Waals surface area contributed by atoms with Crippen LogP contribution in [0, 0.1) is 0 Å². The first kappa shape index (κ1) is 21.9. The molecule has 2 aromatic heterocycles. The van der Waals surface area contributed by atoms with Gasteiger partial charge < -0.3 is 16.0 Å². The average Bonchev–Trinajstić information content (AvgIpc) is 3.52. The van der Waals surface area contributed by atoms with Crippen LogP contribution in [0.2, 0.25) is 0 Å². The van der Waals surface area contributed by atoms with E-state index in [1.54, 1.807) is 30.3 Å². The number of halogens is 3. The summed E-state index contributed by atoms with van der Waals surface area (Å²) >= 11 is 5.35. The molecule has 5 rings (SSSR count). The average molecular weight is 485 g/mol. The Balaban J connectivity index is 1.47. The van der Waals surface area contributed by atoms with Gasteiger partial charge in [-0.15, -0.1) is 0 Å². The van der Waals surface area contributed by atoms with Crippen molar-refractivity contribution in [1.29, 1.82) is 0 Å². The fourth-order valence-electron chi connectivity index (χ4n) is 3.87. The summed E-state index contributed by atoms with van der Waals surface area (Å²) < 4.78 is 41.2. The number of carbonyl (C=O) groups is 1. The minimum absolute atomic E-state index is 0.184. The minimum atomic E-state index is -4.73. The van der Waals surface area contributed by atoms with Gasteiger partial charge in [-0.3, -0.25) is 9.89 Å². The Bertz CT molecular complexity index is 1410. The first-order chi connectivity index (χ1) is 16.2. The van der Waals surface area contributed by atoms with Gasteiger partial charge in [-0.05, 0) is 55.3 Å². The summed E-state index contributed by atoms with van der Waals surface area (Å²) in [7, 11) is 0. The molecule has 0 bridgehead atoms. The molecule has 8 nitrogen and oxygen atoms in total. The normalized spacial score (nSPS) is 14.2. The summed E-state index contributed by atoms with van der Waals surface area (Å²) in [4.78, 5) is 15.9. The Hall–Kier alpha value is -3.93. The van der Waals surface area contributed by atoms with Gasteiger partial charge in [0.1, 0.15) is 5.69 Å². The van der Waals surface area contributed by atoms with Gasteiger partial charge in [0.2, 0.25) is 0 Å². The van der Waals surface area contributed by atoms with E-state index in [4.69, 9.17) is 18.0 Å². The number of nitrogens with one attached hydrogen (secondary N) is 2. The van der Waals surface area contributed by atoms with Crippen LogP contribution in [0.3, 0.4) is 0 Å². The number of aromatic nitrogens is 4. The highest BCUT2D eigenvalue weighted by molar-refractivity contribution is 7.80. The van der Waals surface area contributed by atoms with Crippen molar-refractivity contribution in [3.63, 3.8) is 0 Å². The number of aromatic amines is 1. The first-order valence-electron chi connectivity index (χ1n) is 10.3. The van der Waals surface area contributed by atoms with E-state index in [1.165, 1.54) is 12.1 Å². The van der Waals surface area contributed by atoms with Crippen molar-refractivity contribution in [3.8, 4) is 5.69 Å². The second kappa shape index (κ2) is 8.13. The van der Waals surface area contributed by atoms with Gasteiger partial charge >= 0.3 is 6.18 Å². The van der Waals surface area contributed by atoms with Crippen molar-refractivity contribution in [2.45, 2.75) is 19.0 Å². The second-order valence-corrected chi connectivity index (χ2v) is 8.28. The zero-order valence-corrected chi connectivity index (χ0v) is 18.4. The largest absolute Gasteiger partial charge is 0.435 e. The van der Waals surface area contributed by atoms with Crippen LogP contribution in [0.5, 0.6) is 0 Å². The smallest absolute Gasteiger partial charge is 0.382 e. The molecular weight excluding hydrogens is 467 g/mol. The van der Waals surface area contributed by atoms with E-state index in [9.17, 15) is 18.0 Å². The van der Waals surface area contributed by atoms with Crippen molar-refractivity contribution in [2.24, 2.45) is 0 Å². The lowest BCUT2D eigenvalue weighted by Crippen LogP contribution is -2.22. The molecule has 0 spiro atoms. The lowest BCUT2D eigenvalue weighted by atomic mass is 10.2. The van der Waals surface area contributed by atoms with Gasteiger partial charge in [0, 0.05) is 29.4 Å². The summed E-state index contributed by atoms with van der Waals surface area (Å²) in [6.07, 6.45) is -2.89. The van der Waals surface area contributed by atoms with Crippen LogP contribution in [0.25, 0.3) is 16.6 Å². The molecule has 4 N–H and O–H groups in total. The van der Waals surface area contributed by atoms with Gasteiger partial charge in [0.05, 0.1) is 16.2 Å². The molecule has 1 amide bonds.